The maximum absolute atomic E-state index is 12.9. The molecule has 154 valence electrons. The third-order valence-corrected chi connectivity index (χ3v) is 5.27. The van der Waals surface area contributed by atoms with Gasteiger partial charge in [0.15, 0.2) is 0 Å². The van der Waals surface area contributed by atoms with Crippen LogP contribution in [-0.4, -0.2) is 39.5 Å². The van der Waals surface area contributed by atoms with Crippen molar-refractivity contribution in [2.45, 2.75) is 32.0 Å². The molecule has 29 heavy (non-hydrogen) atoms. The van der Waals surface area contributed by atoms with Crippen LogP contribution in [0.25, 0.3) is 11.0 Å². The van der Waals surface area contributed by atoms with Crippen LogP contribution >= 0.6 is 24.0 Å². The minimum absolute atomic E-state index is 0. The van der Waals surface area contributed by atoms with Gasteiger partial charge in [0.1, 0.15) is 24.7 Å². The van der Waals surface area contributed by atoms with Crippen LogP contribution in [0, 0.1) is 0 Å². The fourth-order valence-electron chi connectivity index (χ4n) is 3.56. The lowest BCUT2D eigenvalue weighted by Gasteiger charge is -2.31. The van der Waals surface area contributed by atoms with Gasteiger partial charge in [0, 0.05) is 24.2 Å². The highest BCUT2D eigenvalue weighted by Gasteiger charge is 2.23. The van der Waals surface area contributed by atoms with Crippen LogP contribution in [0.2, 0.25) is 5.02 Å². The summed E-state index contributed by atoms with van der Waals surface area (Å²) in [7, 11) is 0. The fourth-order valence-corrected chi connectivity index (χ4v) is 3.69. The SMILES string of the molecule is Cl.NC1CCCN(C(=O)Cn2c(COc3ccc(Cl)cc3)nc3ccccc32)C1. The first-order valence-electron chi connectivity index (χ1n) is 9.46. The van der Waals surface area contributed by atoms with Crippen LogP contribution in [0.3, 0.4) is 0 Å². The van der Waals surface area contributed by atoms with Gasteiger partial charge in [-0.3, -0.25) is 4.79 Å². The Morgan fingerprint density at radius 1 is 1.21 bits per heavy atom. The summed E-state index contributed by atoms with van der Waals surface area (Å²) in [4.78, 5) is 19.4. The van der Waals surface area contributed by atoms with Crippen molar-refractivity contribution in [3.05, 3.63) is 59.4 Å². The number of ether oxygens (including phenoxy) is 1. The van der Waals surface area contributed by atoms with E-state index in [1.54, 1.807) is 12.1 Å². The topological polar surface area (TPSA) is 73.4 Å². The molecule has 0 radical (unpaired) electrons. The van der Waals surface area contributed by atoms with Gasteiger partial charge in [-0.1, -0.05) is 23.7 Å². The van der Waals surface area contributed by atoms with Gasteiger partial charge in [-0.05, 0) is 49.2 Å². The number of nitrogens with zero attached hydrogens (tertiary/aromatic N) is 3. The predicted molar refractivity (Wildman–Crippen MR) is 117 cm³/mol. The Hall–Kier alpha value is -2.28. The summed E-state index contributed by atoms with van der Waals surface area (Å²) >= 11 is 5.93. The molecule has 4 rings (SSSR count). The molecule has 6 nitrogen and oxygen atoms in total. The first-order valence-corrected chi connectivity index (χ1v) is 9.84. The Morgan fingerprint density at radius 3 is 2.72 bits per heavy atom. The smallest absolute Gasteiger partial charge is 0.242 e. The number of hydrogen-bond donors (Lipinski definition) is 1. The average Bonchev–Trinajstić information content (AvgIpc) is 3.05. The molecular formula is C21H24Cl2N4O2. The van der Waals surface area contributed by atoms with Crippen molar-refractivity contribution in [2.75, 3.05) is 13.1 Å². The van der Waals surface area contributed by atoms with Crippen LogP contribution < -0.4 is 10.5 Å². The number of nitrogens with two attached hydrogens (primary N) is 1. The zero-order valence-electron chi connectivity index (χ0n) is 16.0. The van der Waals surface area contributed by atoms with Crippen molar-refractivity contribution in [1.29, 1.82) is 0 Å². The van der Waals surface area contributed by atoms with E-state index in [1.807, 2.05) is 45.9 Å². The number of benzene rings is 2. The maximum atomic E-state index is 12.9. The second kappa shape index (κ2) is 9.48. The maximum Gasteiger partial charge on any atom is 0.242 e. The summed E-state index contributed by atoms with van der Waals surface area (Å²) < 4.78 is 7.81. The van der Waals surface area contributed by atoms with E-state index in [2.05, 4.69) is 4.98 Å². The van der Waals surface area contributed by atoms with Crippen molar-refractivity contribution in [3.8, 4) is 5.75 Å². The standard InChI is InChI=1S/C21H23ClN4O2.ClH/c22-15-7-9-17(10-8-15)28-14-20-24-18-5-1-2-6-19(18)26(20)13-21(27)25-11-3-4-16(23)12-25;/h1-2,5-10,16H,3-4,11-14,23H2;1H. The number of aromatic nitrogens is 2. The van der Waals surface area contributed by atoms with Gasteiger partial charge in [0.2, 0.25) is 5.91 Å². The highest BCUT2D eigenvalue weighted by Crippen LogP contribution is 2.20. The van der Waals surface area contributed by atoms with E-state index in [4.69, 9.17) is 22.1 Å². The summed E-state index contributed by atoms with van der Waals surface area (Å²) in [6, 6.07) is 15.1. The summed E-state index contributed by atoms with van der Waals surface area (Å²) in [6.45, 7) is 1.87. The lowest BCUT2D eigenvalue weighted by atomic mass is 10.1. The third-order valence-electron chi connectivity index (χ3n) is 5.02. The Balaban J connectivity index is 0.00000240. The summed E-state index contributed by atoms with van der Waals surface area (Å²) in [5.41, 5.74) is 7.81. The number of carbonyl (C=O) groups is 1. The molecule has 1 unspecified atom stereocenters. The quantitative estimate of drug-likeness (QED) is 0.664. The van der Waals surface area contributed by atoms with Crippen molar-refractivity contribution >= 4 is 40.9 Å². The number of hydrogen-bond acceptors (Lipinski definition) is 4. The van der Waals surface area contributed by atoms with Gasteiger partial charge in [0.05, 0.1) is 11.0 Å². The van der Waals surface area contributed by atoms with E-state index in [0.29, 0.717) is 23.1 Å². The molecule has 1 saturated heterocycles. The zero-order valence-corrected chi connectivity index (χ0v) is 17.5. The molecule has 1 aliphatic heterocycles. The molecule has 0 saturated carbocycles. The fraction of sp³-hybridized carbons (Fsp3) is 0.333. The number of piperidine rings is 1. The van der Waals surface area contributed by atoms with Gasteiger partial charge in [-0.25, -0.2) is 4.98 Å². The first kappa shape index (κ1) is 21.4. The monoisotopic (exact) mass is 434 g/mol. The summed E-state index contributed by atoms with van der Waals surface area (Å²) in [5, 5.41) is 0.657. The van der Waals surface area contributed by atoms with E-state index in [0.717, 1.165) is 30.4 Å². The van der Waals surface area contributed by atoms with Crippen molar-refractivity contribution in [1.82, 2.24) is 14.5 Å². The molecule has 2 heterocycles. The van der Waals surface area contributed by atoms with Crippen molar-refractivity contribution in [3.63, 3.8) is 0 Å². The Morgan fingerprint density at radius 2 is 1.97 bits per heavy atom. The molecule has 1 aromatic heterocycles. The molecule has 0 bridgehead atoms. The van der Waals surface area contributed by atoms with E-state index in [9.17, 15) is 4.79 Å². The van der Waals surface area contributed by atoms with Crippen LogP contribution in [0.15, 0.2) is 48.5 Å². The molecule has 1 aliphatic rings. The average molecular weight is 435 g/mol. The van der Waals surface area contributed by atoms with Crippen LogP contribution in [0.4, 0.5) is 0 Å². The largest absolute Gasteiger partial charge is 0.486 e. The third kappa shape index (κ3) is 5.01. The van der Waals surface area contributed by atoms with Gasteiger partial charge in [-0.15, -0.1) is 12.4 Å². The van der Waals surface area contributed by atoms with Crippen LogP contribution in [0.5, 0.6) is 5.75 Å². The number of likely N-dealkylation sites (tertiary alicyclic amines) is 1. The lowest BCUT2D eigenvalue weighted by Crippen LogP contribution is -2.46. The van der Waals surface area contributed by atoms with Gasteiger partial charge < -0.3 is 19.9 Å². The Bertz CT molecular complexity index is 974. The molecule has 1 atom stereocenters. The van der Waals surface area contributed by atoms with E-state index in [1.165, 1.54) is 0 Å². The second-order valence-corrected chi connectivity index (χ2v) is 7.52. The summed E-state index contributed by atoms with van der Waals surface area (Å²) in [5.74, 6) is 1.48. The van der Waals surface area contributed by atoms with E-state index >= 15 is 0 Å². The highest BCUT2D eigenvalue weighted by molar-refractivity contribution is 6.30. The molecule has 3 aromatic rings. The molecule has 2 aromatic carbocycles. The van der Waals surface area contributed by atoms with Gasteiger partial charge >= 0.3 is 0 Å². The van der Waals surface area contributed by atoms with Crippen LogP contribution in [0.1, 0.15) is 18.7 Å². The molecule has 0 aliphatic carbocycles. The second-order valence-electron chi connectivity index (χ2n) is 7.09. The van der Waals surface area contributed by atoms with E-state index < -0.39 is 0 Å². The zero-order chi connectivity index (χ0) is 19.5. The Labute approximate surface area is 181 Å². The van der Waals surface area contributed by atoms with E-state index in [-0.39, 0.29) is 37.5 Å². The molecule has 0 spiro atoms. The number of para-hydroxylation sites is 2. The Kier molecular flexibility index (Phi) is 7.00. The first-order chi connectivity index (χ1) is 13.6. The highest BCUT2D eigenvalue weighted by atomic mass is 35.5. The number of rotatable bonds is 5. The predicted octanol–water partition coefficient (Wildman–Crippen LogP) is 3.64. The number of amides is 1. The molecule has 8 heteroatoms. The lowest BCUT2D eigenvalue weighted by molar-refractivity contribution is -0.133. The molecular weight excluding hydrogens is 411 g/mol. The minimum atomic E-state index is 0. The minimum Gasteiger partial charge on any atom is -0.486 e. The number of imidazole rings is 1. The number of fused-ring (bicyclic) bond motifs is 1. The molecule has 1 amide bonds. The van der Waals surface area contributed by atoms with Crippen LogP contribution in [-0.2, 0) is 17.9 Å². The van der Waals surface area contributed by atoms with Gasteiger partial charge in [0.25, 0.3) is 0 Å². The van der Waals surface area contributed by atoms with Gasteiger partial charge in [-0.2, -0.15) is 0 Å². The number of carbonyl (C=O) groups excluding carboxylic acids is 1. The molecule has 1 fully saturated rings. The summed E-state index contributed by atoms with van der Waals surface area (Å²) in [6.07, 6.45) is 1.92. The van der Waals surface area contributed by atoms with Crippen molar-refractivity contribution in [2.24, 2.45) is 5.73 Å². The molecule has 2 N–H and O–H groups in total. The normalized spacial score (nSPS) is 16.5. The number of halogens is 2. The van der Waals surface area contributed by atoms with Crippen molar-refractivity contribution < 1.29 is 9.53 Å².